The minimum atomic E-state index is -3.50. The van der Waals surface area contributed by atoms with Crippen LogP contribution in [0.2, 0.25) is 0 Å². The van der Waals surface area contributed by atoms with Gasteiger partial charge in [-0.25, -0.2) is 0 Å². The molecule has 0 saturated heterocycles. The van der Waals surface area contributed by atoms with E-state index in [4.69, 9.17) is 0 Å². The van der Waals surface area contributed by atoms with Crippen LogP contribution >= 0.6 is 39.1 Å². The predicted octanol–water partition coefficient (Wildman–Crippen LogP) is 0.497. The molecule has 4 nitrogen and oxygen atoms in total. The zero-order chi connectivity index (χ0) is 5.91. The average Bonchev–Trinajstić information content (AvgIpc) is 1.68. The molecule has 0 aromatic rings. The van der Waals surface area contributed by atoms with Crippen LogP contribution < -0.4 is 2.94 Å². The highest BCUT2D eigenvalue weighted by atomic mass is 127. The average molecular weight is 302 g/mol. The molecule has 0 rings (SSSR count). The molecule has 7 heavy (non-hydrogen) atoms. The fraction of sp³-hybridized carbons (Fsp3) is 0. The zero-order valence-corrected chi connectivity index (χ0v) is 7.45. The van der Waals surface area contributed by atoms with Crippen LogP contribution in [-0.2, 0) is 13.6 Å². The van der Waals surface area contributed by atoms with E-state index < -0.39 is 10.3 Å². The van der Waals surface area contributed by atoms with E-state index in [0.717, 1.165) is 0 Å². The summed E-state index contributed by atoms with van der Waals surface area (Å²) < 4.78 is 25.6. The van der Waals surface area contributed by atoms with Crippen LogP contribution in [0.4, 0.5) is 0 Å². The summed E-state index contributed by atoms with van der Waals surface area (Å²) >= 11 is 3.71. The van der Waals surface area contributed by atoms with Crippen molar-refractivity contribution < 1.29 is 11.7 Å². The van der Waals surface area contributed by atoms with Gasteiger partial charge in [-0.15, -0.1) is 2.94 Å². The van der Waals surface area contributed by atoms with Crippen LogP contribution in [0.3, 0.4) is 0 Å². The fourth-order valence-corrected chi connectivity index (χ4v) is 1.24. The lowest BCUT2D eigenvalue weighted by molar-refractivity contribution is 0.526. The molecule has 0 aliphatic rings. The second-order valence-corrected chi connectivity index (χ2v) is 3.90. The van der Waals surface area contributed by atoms with Crippen molar-refractivity contribution in [3.05, 3.63) is 0 Å². The molecule has 0 amide bonds. The lowest BCUT2D eigenvalue weighted by Gasteiger charge is -1.88. The maximum Gasteiger partial charge on any atom is 0.355 e. The van der Waals surface area contributed by atoms with Gasteiger partial charge < -0.3 is 0 Å². The van der Waals surface area contributed by atoms with E-state index in [1.54, 1.807) is 0 Å². The standard InChI is InChI=1S/BrHINO3S/c1-6-7(4,5)3-2/h3H. The van der Waals surface area contributed by atoms with Gasteiger partial charge in [0.2, 0.25) is 0 Å². The third-order valence-corrected chi connectivity index (χ3v) is 3.19. The first-order valence-corrected chi connectivity index (χ1v) is 4.18. The highest BCUT2D eigenvalue weighted by Crippen LogP contribution is 1.94. The molecule has 0 aliphatic heterocycles. The van der Waals surface area contributed by atoms with Gasteiger partial charge in [0.25, 0.3) is 0 Å². The first kappa shape index (κ1) is 8.08. The van der Waals surface area contributed by atoms with Crippen molar-refractivity contribution in [1.82, 2.24) is 2.94 Å². The van der Waals surface area contributed by atoms with Crippen molar-refractivity contribution in [2.75, 3.05) is 0 Å². The molecule has 0 saturated carbocycles. The third kappa shape index (κ3) is 3.64. The van der Waals surface area contributed by atoms with Gasteiger partial charge in [0, 0.05) is 22.9 Å². The molecule has 7 heteroatoms. The van der Waals surface area contributed by atoms with Gasteiger partial charge in [0.05, 0.1) is 0 Å². The van der Waals surface area contributed by atoms with E-state index in [9.17, 15) is 8.42 Å². The molecule has 0 radical (unpaired) electrons. The SMILES string of the molecule is O=S(=O)(NI)OBr. The maximum absolute atomic E-state index is 9.98. The molecule has 0 heterocycles. The Morgan fingerprint density at radius 1 is 1.71 bits per heavy atom. The van der Waals surface area contributed by atoms with Crippen LogP contribution in [0.25, 0.3) is 0 Å². The summed E-state index contributed by atoms with van der Waals surface area (Å²) in [5.74, 6) is 0. The van der Waals surface area contributed by atoms with Crippen molar-refractivity contribution in [2.45, 2.75) is 0 Å². The highest BCUT2D eigenvalue weighted by molar-refractivity contribution is 14.1. The quantitative estimate of drug-likeness (QED) is 0.597. The minimum Gasteiger partial charge on any atom is -0.180 e. The Labute approximate surface area is 63.8 Å². The molecule has 44 valence electrons. The van der Waals surface area contributed by atoms with E-state index in [-0.39, 0.29) is 0 Å². The Bertz CT molecular complexity index is 118. The van der Waals surface area contributed by atoms with Gasteiger partial charge in [-0.1, -0.05) is 0 Å². The fourth-order valence-electron chi connectivity index (χ4n) is 0.0119. The molecule has 0 atom stereocenters. The zero-order valence-electron chi connectivity index (χ0n) is 2.89. The van der Waals surface area contributed by atoms with Gasteiger partial charge in [-0.2, -0.15) is 11.7 Å². The molecule has 0 aromatic heterocycles. The van der Waals surface area contributed by atoms with E-state index in [2.05, 4.69) is 19.5 Å². The van der Waals surface area contributed by atoms with Gasteiger partial charge in [-0.05, 0) is 0 Å². The van der Waals surface area contributed by atoms with E-state index >= 15 is 0 Å². The van der Waals surface area contributed by atoms with Gasteiger partial charge in [0.1, 0.15) is 16.3 Å². The molecular weight excluding hydrogens is 301 g/mol. The summed E-state index contributed by atoms with van der Waals surface area (Å²) in [4.78, 5) is 0. The molecule has 0 unspecified atom stereocenters. The van der Waals surface area contributed by atoms with Crippen molar-refractivity contribution >= 4 is 49.4 Å². The van der Waals surface area contributed by atoms with Crippen molar-refractivity contribution in [2.24, 2.45) is 0 Å². The summed E-state index contributed by atoms with van der Waals surface area (Å²) in [5, 5.41) is 0. The Hall–Kier alpha value is 1.08. The van der Waals surface area contributed by atoms with Gasteiger partial charge in [-0.3, -0.25) is 0 Å². The molecule has 0 spiro atoms. The molecule has 1 N–H and O–H groups in total. The molecule has 0 fully saturated rings. The Balaban J connectivity index is 3.89. The second-order valence-electron chi connectivity index (χ2n) is 0.594. The van der Waals surface area contributed by atoms with Crippen LogP contribution in [0.5, 0.6) is 0 Å². The van der Waals surface area contributed by atoms with E-state index in [1.165, 1.54) is 22.9 Å². The Morgan fingerprint density at radius 2 is 2.14 bits per heavy atom. The summed E-state index contributed by atoms with van der Waals surface area (Å²) in [6, 6.07) is 0. The first-order valence-electron chi connectivity index (χ1n) is 1.05. The summed E-state index contributed by atoms with van der Waals surface area (Å²) in [6.07, 6.45) is 0. The highest BCUT2D eigenvalue weighted by Gasteiger charge is 2.02. The number of hydrogen-bond acceptors (Lipinski definition) is 3. The third-order valence-electron chi connectivity index (χ3n) is 0.177. The normalized spacial score (nSPS) is 11.7. The van der Waals surface area contributed by atoms with E-state index in [0.29, 0.717) is 0 Å². The van der Waals surface area contributed by atoms with E-state index in [1.807, 2.05) is 2.94 Å². The van der Waals surface area contributed by atoms with Gasteiger partial charge in [0.15, 0.2) is 0 Å². The summed E-state index contributed by atoms with van der Waals surface area (Å²) in [6.45, 7) is 0. The summed E-state index contributed by atoms with van der Waals surface area (Å²) in [7, 11) is -3.50. The topological polar surface area (TPSA) is 55.4 Å². The molecule has 0 aromatic carbocycles. The monoisotopic (exact) mass is 301 g/mol. The Kier molecular flexibility index (Phi) is 3.66. The van der Waals surface area contributed by atoms with Crippen LogP contribution in [0.1, 0.15) is 0 Å². The minimum absolute atomic E-state index is 1.44. The lowest BCUT2D eigenvalue weighted by Crippen LogP contribution is -2.10. The molecule has 0 aliphatic carbocycles. The Morgan fingerprint density at radius 3 is 2.14 bits per heavy atom. The largest absolute Gasteiger partial charge is 0.355 e. The first-order chi connectivity index (χ1) is 3.12. The predicted molar refractivity (Wildman–Crippen MR) is 36.1 cm³/mol. The summed E-state index contributed by atoms with van der Waals surface area (Å²) in [5.41, 5.74) is 0. The van der Waals surface area contributed by atoms with Crippen molar-refractivity contribution in [1.29, 1.82) is 0 Å². The lowest BCUT2D eigenvalue weighted by atomic mass is 13.9. The van der Waals surface area contributed by atoms with Crippen LogP contribution in [0.15, 0.2) is 0 Å². The molecule has 0 bridgehead atoms. The van der Waals surface area contributed by atoms with Crippen molar-refractivity contribution in [3.63, 3.8) is 0 Å². The van der Waals surface area contributed by atoms with Crippen LogP contribution in [0, 0.1) is 0 Å². The number of nitrogens with one attached hydrogen (secondary N) is 1. The number of hydrogen-bond donors (Lipinski definition) is 1. The molecular formula is HBrINO3S. The smallest absolute Gasteiger partial charge is 0.180 e. The van der Waals surface area contributed by atoms with Crippen LogP contribution in [-0.4, -0.2) is 8.42 Å². The second kappa shape index (κ2) is 3.17. The maximum atomic E-state index is 9.98. The number of rotatable bonds is 2. The number of halogens is 2. The van der Waals surface area contributed by atoms with Gasteiger partial charge >= 0.3 is 10.3 Å². The van der Waals surface area contributed by atoms with Crippen molar-refractivity contribution in [3.8, 4) is 0 Å².